The predicted molar refractivity (Wildman–Crippen MR) is 75.1 cm³/mol. The van der Waals surface area contributed by atoms with Crippen LogP contribution in [-0.2, 0) is 4.79 Å². The number of aromatic nitrogens is 2. The molecule has 4 nitrogen and oxygen atoms in total. The van der Waals surface area contributed by atoms with E-state index in [1.807, 2.05) is 30.0 Å². The normalized spacial score (nSPS) is 20.0. The van der Waals surface area contributed by atoms with Gasteiger partial charge in [-0.2, -0.15) is 5.10 Å². The van der Waals surface area contributed by atoms with E-state index in [0.717, 1.165) is 34.2 Å². The minimum atomic E-state index is 0.208. The Hall–Kier alpha value is -1.36. The summed E-state index contributed by atoms with van der Waals surface area (Å²) in [6.07, 6.45) is 0.633. The molecule has 1 fully saturated rings. The molecule has 2 heterocycles. The van der Waals surface area contributed by atoms with Crippen molar-refractivity contribution in [2.24, 2.45) is 5.92 Å². The second-order valence-corrected chi connectivity index (χ2v) is 5.43. The van der Waals surface area contributed by atoms with Crippen molar-refractivity contribution in [1.29, 1.82) is 0 Å². The maximum atomic E-state index is 12.0. The van der Waals surface area contributed by atoms with Gasteiger partial charge in [-0.25, -0.2) is 0 Å². The van der Waals surface area contributed by atoms with Crippen molar-refractivity contribution in [2.45, 2.75) is 13.3 Å². The highest BCUT2D eigenvalue weighted by atomic mass is 79.9. The number of alkyl halides is 1. The number of halogens is 1. The minimum Gasteiger partial charge on any atom is -0.312 e. The summed E-state index contributed by atoms with van der Waals surface area (Å²) >= 11 is 3.46. The van der Waals surface area contributed by atoms with Crippen LogP contribution in [0.5, 0.6) is 0 Å². The van der Waals surface area contributed by atoms with Gasteiger partial charge in [-0.15, -0.1) is 0 Å². The summed E-state index contributed by atoms with van der Waals surface area (Å²) in [6.45, 7) is 2.79. The lowest BCUT2D eigenvalue weighted by Crippen LogP contribution is -2.24. The van der Waals surface area contributed by atoms with Gasteiger partial charge < -0.3 is 4.90 Å². The van der Waals surface area contributed by atoms with Crippen LogP contribution in [0.25, 0.3) is 10.9 Å². The number of amides is 1. The second kappa shape index (κ2) is 4.39. The molecule has 0 saturated carbocycles. The van der Waals surface area contributed by atoms with Crippen molar-refractivity contribution < 1.29 is 4.79 Å². The van der Waals surface area contributed by atoms with Gasteiger partial charge in [0.15, 0.2) is 0 Å². The van der Waals surface area contributed by atoms with Crippen LogP contribution >= 0.6 is 15.9 Å². The molecule has 1 aliphatic heterocycles. The fraction of sp³-hybridized carbons (Fsp3) is 0.385. The van der Waals surface area contributed by atoms with Gasteiger partial charge in [0.05, 0.1) is 5.52 Å². The van der Waals surface area contributed by atoms with E-state index in [4.69, 9.17) is 0 Å². The molecule has 1 aromatic carbocycles. The number of aromatic amines is 1. The Morgan fingerprint density at radius 1 is 1.56 bits per heavy atom. The van der Waals surface area contributed by atoms with Gasteiger partial charge in [-0.3, -0.25) is 9.89 Å². The smallest absolute Gasteiger partial charge is 0.227 e. The quantitative estimate of drug-likeness (QED) is 0.867. The highest BCUT2D eigenvalue weighted by Crippen LogP contribution is 2.29. The zero-order chi connectivity index (χ0) is 12.7. The Morgan fingerprint density at radius 3 is 3.11 bits per heavy atom. The molecule has 0 bridgehead atoms. The number of anilines is 1. The lowest BCUT2D eigenvalue weighted by atomic mass is 10.1. The number of aryl methyl sites for hydroxylation is 1. The van der Waals surface area contributed by atoms with Crippen LogP contribution in [-0.4, -0.2) is 28.0 Å². The van der Waals surface area contributed by atoms with Gasteiger partial charge in [0, 0.05) is 35.1 Å². The summed E-state index contributed by atoms with van der Waals surface area (Å²) in [7, 11) is 0. The SMILES string of the molecule is Cc1[nH]nc2ccc(N3CC(CBr)CC3=O)cc12. The molecule has 0 aliphatic carbocycles. The number of fused-ring (bicyclic) bond motifs is 1. The minimum absolute atomic E-state index is 0.208. The molecular formula is C13H14BrN3O. The molecule has 5 heteroatoms. The molecule has 1 aromatic heterocycles. The summed E-state index contributed by atoms with van der Waals surface area (Å²) in [5, 5.41) is 9.13. The lowest BCUT2D eigenvalue weighted by molar-refractivity contribution is -0.117. The first-order chi connectivity index (χ1) is 8.69. The molecular weight excluding hydrogens is 294 g/mol. The average Bonchev–Trinajstić information content (AvgIpc) is 2.93. The van der Waals surface area contributed by atoms with Crippen LogP contribution in [0.4, 0.5) is 5.69 Å². The van der Waals surface area contributed by atoms with Crippen molar-refractivity contribution in [1.82, 2.24) is 10.2 Å². The lowest BCUT2D eigenvalue weighted by Gasteiger charge is -2.16. The van der Waals surface area contributed by atoms with Crippen LogP contribution in [0, 0.1) is 12.8 Å². The third-order valence-corrected chi connectivity index (χ3v) is 4.38. The van der Waals surface area contributed by atoms with Crippen molar-refractivity contribution >= 4 is 38.4 Å². The fourth-order valence-electron chi connectivity index (χ4n) is 2.43. The number of rotatable bonds is 2. The zero-order valence-corrected chi connectivity index (χ0v) is 11.7. The van der Waals surface area contributed by atoms with E-state index < -0.39 is 0 Å². The second-order valence-electron chi connectivity index (χ2n) is 4.78. The summed E-state index contributed by atoms with van der Waals surface area (Å²) in [4.78, 5) is 13.9. The molecule has 18 heavy (non-hydrogen) atoms. The highest BCUT2D eigenvalue weighted by Gasteiger charge is 2.29. The van der Waals surface area contributed by atoms with Gasteiger partial charge in [-0.05, 0) is 31.0 Å². The first-order valence-corrected chi connectivity index (χ1v) is 7.12. The molecule has 1 aliphatic rings. The van der Waals surface area contributed by atoms with Gasteiger partial charge in [0.2, 0.25) is 5.91 Å². The van der Waals surface area contributed by atoms with Crippen LogP contribution in [0.15, 0.2) is 18.2 Å². The van der Waals surface area contributed by atoms with E-state index in [-0.39, 0.29) is 5.91 Å². The number of nitrogens with one attached hydrogen (secondary N) is 1. The topological polar surface area (TPSA) is 49.0 Å². The Balaban J connectivity index is 1.99. The van der Waals surface area contributed by atoms with Crippen LogP contribution in [0.2, 0.25) is 0 Å². The largest absolute Gasteiger partial charge is 0.312 e. The van der Waals surface area contributed by atoms with Gasteiger partial charge in [0.25, 0.3) is 0 Å². The summed E-state index contributed by atoms with van der Waals surface area (Å²) in [5.41, 5.74) is 2.95. The molecule has 1 amide bonds. The van der Waals surface area contributed by atoms with E-state index in [2.05, 4.69) is 26.1 Å². The number of nitrogens with zero attached hydrogens (tertiary/aromatic N) is 2. The maximum Gasteiger partial charge on any atom is 0.227 e. The molecule has 3 rings (SSSR count). The Kier molecular flexibility index (Phi) is 2.86. The molecule has 94 valence electrons. The molecule has 2 aromatic rings. The van der Waals surface area contributed by atoms with E-state index in [0.29, 0.717) is 12.3 Å². The van der Waals surface area contributed by atoms with Gasteiger partial charge in [0.1, 0.15) is 0 Å². The monoisotopic (exact) mass is 307 g/mol. The number of hydrogen-bond donors (Lipinski definition) is 1. The number of H-pyrrole nitrogens is 1. The average molecular weight is 308 g/mol. The highest BCUT2D eigenvalue weighted by molar-refractivity contribution is 9.09. The van der Waals surface area contributed by atoms with Crippen molar-refractivity contribution in [2.75, 3.05) is 16.8 Å². The van der Waals surface area contributed by atoms with Crippen LogP contribution in [0.1, 0.15) is 12.1 Å². The number of hydrogen-bond acceptors (Lipinski definition) is 2. The van der Waals surface area contributed by atoms with E-state index in [1.54, 1.807) is 0 Å². The molecule has 0 spiro atoms. The number of carbonyl (C=O) groups excluding carboxylic acids is 1. The van der Waals surface area contributed by atoms with E-state index in [9.17, 15) is 4.79 Å². The van der Waals surface area contributed by atoms with E-state index >= 15 is 0 Å². The van der Waals surface area contributed by atoms with Crippen molar-refractivity contribution in [3.8, 4) is 0 Å². The Bertz CT molecular complexity index is 607. The molecule has 0 radical (unpaired) electrons. The van der Waals surface area contributed by atoms with Gasteiger partial charge >= 0.3 is 0 Å². The molecule has 1 unspecified atom stereocenters. The first kappa shape index (κ1) is 11.7. The molecule has 1 N–H and O–H groups in total. The van der Waals surface area contributed by atoms with Crippen LogP contribution in [0.3, 0.4) is 0 Å². The standard InChI is InChI=1S/C13H14BrN3O/c1-8-11-5-10(2-3-12(11)16-15-8)17-7-9(6-14)4-13(17)18/h2-3,5,9H,4,6-7H2,1H3,(H,15,16). The Morgan fingerprint density at radius 2 is 2.39 bits per heavy atom. The van der Waals surface area contributed by atoms with E-state index in [1.165, 1.54) is 0 Å². The number of carbonyl (C=O) groups is 1. The zero-order valence-electron chi connectivity index (χ0n) is 10.1. The summed E-state index contributed by atoms with van der Waals surface area (Å²) < 4.78 is 0. The third kappa shape index (κ3) is 1.82. The predicted octanol–water partition coefficient (Wildman–Crippen LogP) is 2.62. The van der Waals surface area contributed by atoms with Crippen LogP contribution < -0.4 is 4.90 Å². The van der Waals surface area contributed by atoms with Crippen molar-refractivity contribution in [3.63, 3.8) is 0 Å². The number of benzene rings is 1. The third-order valence-electron chi connectivity index (χ3n) is 3.46. The Labute approximate surface area is 113 Å². The molecule has 1 atom stereocenters. The van der Waals surface area contributed by atoms with Gasteiger partial charge in [-0.1, -0.05) is 15.9 Å². The maximum absolute atomic E-state index is 12.0. The summed E-state index contributed by atoms with van der Waals surface area (Å²) in [6, 6.07) is 5.97. The summed E-state index contributed by atoms with van der Waals surface area (Å²) in [5.74, 6) is 0.624. The molecule has 1 saturated heterocycles. The first-order valence-electron chi connectivity index (χ1n) is 6.00. The van der Waals surface area contributed by atoms with Crippen molar-refractivity contribution in [3.05, 3.63) is 23.9 Å². The fourth-order valence-corrected chi connectivity index (χ4v) is 2.86.